The van der Waals surface area contributed by atoms with Gasteiger partial charge in [0.15, 0.2) is 0 Å². The maximum absolute atomic E-state index is 9.33. The maximum atomic E-state index is 9.33. The molecule has 90 valence electrons. The summed E-state index contributed by atoms with van der Waals surface area (Å²) in [6, 6.07) is 0.302. The zero-order chi connectivity index (χ0) is 11.4. The molecule has 1 fully saturated rings. The van der Waals surface area contributed by atoms with Crippen molar-refractivity contribution < 1.29 is 5.11 Å². The van der Waals surface area contributed by atoms with Crippen LogP contribution in [0.1, 0.15) is 32.0 Å². The Morgan fingerprint density at radius 3 is 3.12 bits per heavy atom. The molecule has 5 heteroatoms. The second kappa shape index (κ2) is 5.41. The Labute approximate surface area is 96.1 Å². The summed E-state index contributed by atoms with van der Waals surface area (Å²) in [5.74, 6) is 1.00. The van der Waals surface area contributed by atoms with E-state index in [9.17, 15) is 5.11 Å². The predicted octanol–water partition coefficient (Wildman–Crippen LogP) is 0.645. The number of aromatic nitrogens is 3. The van der Waals surface area contributed by atoms with Crippen LogP contribution in [0.2, 0.25) is 0 Å². The molecule has 0 saturated carbocycles. The Morgan fingerprint density at radius 2 is 2.38 bits per heavy atom. The van der Waals surface area contributed by atoms with Gasteiger partial charge in [0.05, 0.1) is 13.2 Å². The first-order chi connectivity index (χ1) is 7.85. The largest absolute Gasteiger partial charge is 0.395 e. The quantitative estimate of drug-likeness (QED) is 0.815. The van der Waals surface area contributed by atoms with Gasteiger partial charge in [-0.15, -0.1) is 0 Å². The highest BCUT2D eigenvalue weighted by Gasteiger charge is 2.22. The molecule has 2 rings (SSSR count). The van der Waals surface area contributed by atoms with E-state index in [-0.39, 0.29) is 6.61 Å². The topological polar surface area (TPSA) is 54.2 Å². The fraction of sp³-hybridized carbons (Fsp3) is 0.818. The highest BCUT2D eigenvalue weighted by atomic mass is 16.3. The molecule has 0 bridgehead atoms. The van der Waals surface area contributed by atoms with Crippen molar-refractivity contribution in [2.75, 3.05) is 13.2 Å². The monoisotopic (exact) mass is 224 g/mol. The summed E-state index contributed by atoms with van der Waals surface area (Å²) >= 11 is 0. The number of likely N-dealkylation sites (tertiary alicyclic amines) is 1. The first-order valence-corrected chi connectivity index (χ1v) is 6.06. The van der Waals surface area contributed by atoms with Gasteiger partial charge in [0, 0.05) is 12.6 Å². The minimum atomic E-state index is 0.250. The van der Waals surface area contributed by atoms with Crippen LogP contribution >= 0.6 is 0 Å². The molecular formula is C11H20N4O. The fourth-order valence-electron chi connectivity index (χ4n) is 2.33. The van der Waals surface area contributed by atoms with E-state index in [2.05, 4.69) is 21.9 Å². The first kappa shape index (κ1) is 11.5. The summed E-state index contributed by atoms with van der Waals surface area (Å²) in [6.07, 6.45) is 5.15. The average Bonchev–Trinajstić information content (AvgIpc) is 2.77. The molecule has 0 aliphatic carbocycles. The molecule has 0 spiro atoms. The van der Waals surface area contributed by atoms with Crippen molar-refractivity contribution in [2.24, 2.45) is 0 Å². The molecule has 1 aliphatic rings. The van der Waals surface area contributed by atoms with Gasteiger partial charge in [0.2, 0.25) is 0 Å². The lowest BCUT2D eigenvalue weighted by Gasteiger charge is -2.34. The molecule has 0 aromatic carbocycles. The maximum Gasteiger partial charge on any atom is 0.141 e. The average molecular weight is 224 g/mol. The summed E-state index contributed by atoms with van der Waals surface area (Å²) in [4.78, 5) is 6.60. The number of aliphatic hydroxyl groups excluding tert-OH is 1. The highest BCUT2D eigenvalue weighted by molar-refractivity contribution is 4.87. The number of aryl methyl sites for hydroxylation is 1. The molecular weight excluding hydrogens is 204 g/mol. The van der Waals surface area contributed by atoms with Gasteiger partial charge >= 0.3 is 0 Å². The van der Waals surface area contributed by atoms with Gasteiger partial charge in [0.25, 0.3) is 0 Å². The van der Waals surface area contributed by atoms with Crippen LogP contribution in [0.25, 0.3) is 0 Å². The van der Waals surface area contributed by atoms with E-state index in [1.165, 1.54) is 12.8 Å². The van der Waals surface area contributed by atoms with Crippen molar-refractivity contribution >= 4 is 0 Å². The fourth-order valence-corrected chi connectivity index (χ4v) is 2.33. The molecule has 2 heterocycles. The first-order valence-electron chi connectivity index (χ1n) is 6.06. The predicted molar refractivity (Wildman–Crippen MR) is 60.8 cm³/mol. The number of piperidine rings is 1. The molecule has 1 unspecified atom stereocenters. The molecule has 1 aliphatic heterocycles. The van der Waals surface area contributed by atoms with Gasteiger partial charge in [-0.25, -0.2) is 9.67 Å². The van der Waals surface area contributed by atoms with Crippen molar-refractivity contribution in [3.8, 4) is 0 Å². The summed E-state index contributed by atoms with van der Waals surface area (Å²) in [5.41, 5.74) is 0. The minimum absolute atomic E-state index is 0.250. The van der Waals surface area contributed by atoms with Crippen LogP contribution < -0.4 is 0 Å². The minimum Gasteiger partial charge on any atom is -0.395 e. The van der Waals surface area contributed by atoms with E-state index in [0.717, 1.165) is 31.9 Å². The van der Waals surface area contributed by atoms with Crippen LogP contribution in [-0.2, 0) is 13.1 Å². The lowest BCUT2D eigenvalue weighted by Crippen LogP contribution is -2.41. The Morgan fingerprint density at radius 1 is 1.50 bits per heavy atom. The molecule has 16 heavy (non-hydrogen) atoms. The van der Waals surface area contributed by atoms with E-state index in [1.54, 1.807) is 6.33 Å². The van der Waals surface area contributed by atoms with Crippen LogP contribution in [0.15, 0.2) is 6.33 Å². The summed E-state index contributed by atoms with van der Waals surface area (Å²) in [6.45, 7) is 5.03. The molecule has 1 aromatic heterocycles. The summed E-state index contributed by atoms with van der Waals surface area (Å²) in [5, 5.41) is 13.5. The van der Waals surface area contributed by atoms with E-state index in [1.807, 2.05) is 4.68 Å². The summed E-state index contributed by atoms with van der Waals surface area (Å²) in [7, 11) is 0. The number of hydrogen-bond acceptors (Lipinski definition) is 4. The van der Waals surface area contributed by atoms with Gasteiger partial charge in [-0.2, -0.15) is 5.10 Å². The van der Waals surface area contributed by atoms with Crippen LogP contribution in [0.4, 0.5) is 0 Å². The Hall–Kier alpha value is -0.940. The SMILES string of the molecule is CCn1ncnc1CN1CCCCC1CO. The molecule has 1 N–H and O–H groups in total. The van der Waals surface area contributed by atoms with Gasteiger partial charge in [-0.1, -0.05) is 6.42 Å². The Kier molecular flexibility index (Phi) is 3.90. The van der Waals surface area contributed by atoms with Crippen molar-refractivity contribution in [1.82, 2.24) is 19.7 Å². The van der Waals surface area contributed by atoms with Gasteiger partial charge in [-0.3, -0.25) is 4.90 Å². The molecule has 1 aromatic rings. The third-order valence-electron chi connectivity index (χ3n) is 3.30. The van der Waals surface area contributed by atoms with Gasteiger partial charge in [0.1, 0.15) is 12.2 Å². The number of hydrogen-bond donors (Lipinski definition) is 1. The van der Waals surface area contributed by atoms with E-state index in [4.69, 9.17) is 0 Å². The molecule has 1 saturated heterocycles. The Bertz CT molecular complexity index is 326. The summed E-state index contributed by atoms with van der Waals surface area (Å²) < 4.78 is 1.92. The lowest BCUT2D eigenvalue weighted by atomic mass is 10.0. The number of aliphatic hydroxyl groups is 1. The zero-order valence-corrected chi connectivity index (χ0v) is 9.84. The molecule has 0 radical (unpaired) electrons. The smallest absolute Gasteiger partial charge is 0.141 e. The van der Waals surface area contributed by atoms with Crippen LogP contribution in [0, 0.1) is 0 Å². The second-order valence-electron chi connectivity index (χ2n) is 4.29. The second-order valence-corrected chi connectivity index (χ2v) is 4.29. The van der Waals surface area contributed by atoms with Gasteiger partial charge < -0.3 is 5.11 Å². The van der Waals surface area contributed by atoms with E-state index >= 15 is 0 Å². The molecule has 0 amide bonds. The van der Waals surface area contributed by atoms with Crippen molar-refractivity contribution in [3.63, 3.8) is 0 Å². The van der Waals surface area contributed by atoms with E-state index in [0.29, 0.717) is 6.04 Å². The van der Waals surface area contributed by atoms with Crippen molar-refractivity contribution in [3.05, 3.63) is 12.2 Å². The van der Waals surface area contributed by atoms with Crippen molar-refractivity contribution in [2.45, 2.75) is 45.3 Å². The molecule has 5 nitrogen and oxygen atoms in total. The lowest BCUT2D eigenvalue weighted by molar-refractivity contribution is 0.0807. The molecule has 1 atom stereocenters. The van der Waals surface area contributed by atoms with Crippen LogP contribution in [-0.4, -0.2) is 44.0 Å². The standard InChI is InChI=1S/C11H20N4O/c1-2-15-11(12-9-13-15)7-14-6-4-3-5-10(14)8-16/h9-10,16H,2-8H2,1H3. The third-order valence-corrected chi connectivity index (χ3v) is 3.30. The number of rotatable bonds is 4. The van der Waals surface area contributed by atoms with Crippen LogP contribution in [0.3, 0.4) is 0 Å². The highest BCUT2D eigenvalue weighted by Crippen LogP contribution is 2.18. The normalized spacial score (nSPS) is 22.5. The van der Waals surface area contributed by atoms with Gasteiger partial charge in [-0.05, 0) is 26.3 Å². The zero-order valence-electron chi connectivity index (χ0n) is 9.84. The number of nitrogens with zero attached hydrogens (tertiary/aromatic N) is 4. The van der Waals surface area contributed by atoms with Crippen LogP contribution in [0.5, 0.6) is 0 Å². The third kappa shape index (κ3) is 2.41. The van der Waals surface area contributed by atoms with E-state index < -0.39 is 0 Å². The van der Waals surface area contributed by atoms with Crippen molar-refractivity contribution in [1.29, 1.82) is 0 Å². The Balaban J connectivity index is 2.02.